The molecule has 8 nitrogen and oxygen atoms in total. The van der Waals surface area contributed by atoms with E-state index in [4.69, 9.17) is 32.7 Å². The number of anilines is 1. The van der Waals surface area contributed by atoms with Crippen LogP contribution in [0.1, 0.15) is 5.56 Å². The first-order valence-electron chi connectivity index (χ1n) is 9.93. The van der Waals surface area contributed by atoms with E-state index in [9.17, 15) is 17.6 Å². The number of nitrogens with one attached hydrogen (secondary N) is 1. The number of sulfonamides is 1. The van der Waals surface area contributed by atoms with Crippen molar-refractivity contribution in [1.82, 2.24) is 5.43 Å². The molecule has 0 saturated carbocycles. The molecule has 184 valence electrons. The number of nitrogens with zero attached hydrogens (tertiary/aromatic N) is 2. The Kier molecular flexibility index (Phi) is 8.55. The first-order valence-corrected chi connectivity index (χ1v) is 12.1. The van der Waals surface area contributed by atoms with Crippen LogP contribution in [0.3, 0.4) is 0 Å². The van der Waals surface area contributed by atoms with Gasteiger partial charge in [-0.25, -0.2) is 18.2 Å². The third-order valence-corrected chi connectivity index (χ3v) is 7.03. The minimum atomic E-state index is -4.28. The highest BCUT2D eigenvalue weighted by molar-refractivity contribution is 7.92. The lowest BCUT2D eigenvalue weighted by Gasteiger charge is -2.24. The van der Waals surface area contributed by atoms with Crippen LogP contribution in [0.25, 0.3) is 0 Å². The number of benzene rings is 3. The van der Waals surface area contributed by atoms with Gasteiger partial charge in [0.25, 0.3) is 15.9 Å². The van der Waals surface area contributed by atoms with Gasteiger partial charge in [-0.2, -0.15) is 5.10 Å². The molecule has 3 aromatic carbocycles. The fraction of sp³-hybridized carbons (Fsp3) is 0.130. The molecule has 1 amide bonds. The van der Waals surface area contributed by atoms with E-state index in [-0.39, 0.29) is 16.3 Å². The van der Waals surface area contributed by atoms with Gasteiger partial charge in [0, 0.05) is 16.7 Å². The number of hydrogen-bond acceptors (Lipinski definition) is 6. The third kappa shape index (κ3) is 6.41. The second kappa shape index (κ2) is 11.4. The molecule has 0 aromatic heterocycles. The molecular weight excluding hydrogens is 520 g/mol. The van der Waals surface area contributed by atoms with Crippen molar-refractivity contribution in [2.24, 2.45) is 5.10 Å². The molecular formula is C23H20Cl2FN3O5S. The van der Waals surface area contributed by atoms with Crippen LogP contribution in [0.2, 0.25) is 10.0 Å². The largest absolute Gasteiger partial charge is 0.493 e. The van der Waals surface area contributed by atoms with Gasteiger partial charge in [-0.1, -0.05) is 29.3 Å². The maximum absolute atomic E-state index is 13.5. The van der Waals surface area contributed by atoms with Gasteiger partial charge in [-0.05, 0) is 48.5 Å². The molecule has 0 aliphatic rings. The number of halogens is 3. The number of amides is 1. The first kappa shape index (κ1) is 26.3. The van der Waals surface area contributed by atoms with Gasteiger partial charge >= 0.3 is 0 Å². The van der Waals surface area contributed by atoms with Crippen molar-refractivity contribution < 1.29 is 27.1 Å². The molecule has 0 radical (unpaired) electrons. The van der Waals surface area contributed by atoms with Crippen LogP contribution in [-0.2, 0) is 14.8 Å². The summed E-state index contributed by atoms with van der Waals surface area (Å²) in [6.45, 7) is -0.645. The standard InChI is InChI=1S/C23H20Cl2FN3O5S/c1-33-21-10-9-19(12-22(21)34-2)35(31,32)29(18-7-5-17(26)6-8-18)14-23(30)28-27-13-15-3-4-16(24)11-20(15)25/h3-13H,14H2,1-2H3,(H,28,30)/b27-13-. The third-order valence-electron chi connectivity index (χ3n) is 4.70. The normalized spacial score (nSPS) is 11.3. The number of hydrazone groups is 1. The molecule has 35 heavy (non-hydrogen) atoms. The van der Waals surface area contributed by atoms with Gasteiger partial charge in [0.1, 0.15) is 12.4 Å². The highest BCUT2D eigenvalue weighted by Crippen LogP contribution is 2.32. The molecule has 0 aliphatic carbocycles. The van der Waals surface area contributed by atoms with E-state index in [1.165, 1.54) is 56.8 Å². The van der Waals surface area contributed by atoms with Gasteiger partial charge in [0.2, 0.25) is 0 Å². The van der Waals surface area contributed by atoms with E-state index in [1.54, 1.807) is 12.1 Å². The Morgan fingerprint density at radius 3 is 2.34 bits per heavy atom. The predicted molar refractivity (Wildman–Crippen MR) is 133 cm³/mol. The second-order valence-electron chi connectivity index (χ2n) is 6.96. The summed E-state index contributed by atoms with van der Waals surface area (Å²) in [5.41, 5.74) is 2.82. The average molecular weight is 540 g/mol. The van der Waals surface area contributed by atoms with Crippen molar-refractivity contribution in [2.75, 3.05) is 25.1 Å². The Morgan fingerprint density at radius 1 is 1.03 bits per heavy atom. The van der Waals surface area contributed by atoms with E-state index in [2.05, 4.69) is 10.5 Å². The summed E-state index contributed by atoms with van der Waals surface area (Å²) in [4.78, 5) is 12.5. The molecule has 3 rings (SSSR count). The Bertz CT molecular complexity index is 1350. The number of methoxy groups -OCH3 is 2. The lowest BCUT2D eigenvalue weighted by Crippen LogP contribution is -2.39. The van der Waals surface area contributed by atoms with Crippen LogP contribution < -0.4 is 19.2 Å². The lowest BCUT2D eigenvalue weighted by atomic mass is 10.2. The number of ether oxygens (including phenoxy) is 2. The molecule has 0 atom stereocenters. The summed E-state index contributed by atoms with van der Waals surface area (Å²) in [6, 6.07) is 13.4. The summed E-state index contributed by atoms with van der Waals surface area (Å²) in [5, 5.41) is 4.58. The summed E-state index contributed by atoms with van der Waals surface area (Å²) in [6.07, 6.45) is 1.29. The fourth-order valence-corrected chi connectivity index (χ4v) is 4.87. The van der Waals surface area contributed by atoms with Crippen molar-refractivity contribution in [3.05, 3.63) is 82.1 Å². The van der Waals surface area contributed by atoms with E-state index in [0.29, 0.717) is 21.4 Å². The van der Waals surface area contributed by atoms with Crippen molar-refractivity contribution in [3.63, 3.8) is 0 Å². The molecule has 0 saturated heterocycles. The molecule has 3 aromatic rings. The van der Waals surface area contributed by atoms with Gasteiger partial charge < -0.3 is 9.47 Å². The minimum Gasteiger partial charge on any atom is -0.493 e. The van der Waals surface area contributed by atoms with Crippen molar-refractivity contribution >= 4 is 51.0 Å². The van der Waals surface area contributed by atoms with Crippen molar-refractivity contribution in [1.29, 1.82) is 0 Å². The Labute approximate surface area is 211 Å². The molecule has 0 fully saturated rings. The lowest BCUT2D eigenvalue weighted by molar-refractivity contribution is -0.119. The highest BCUT2D eigenvalue weighted by atomic mass is 35.5. The maximum Gasteiger partial charge on any atom is 0.264 e. The molecule has 0 unspecified atom stereocenters. The monoisotopic (exact) mass is 539 g/mol. The van der Waals surface area contributed by atoms with Crippen LogP contribution in [0, 0.1) is 5.82 Å². The molecule has 1 N–H and O–H groups in total. The van der Waals surface area contributed by atoms with Gasteiger partial charge in [-0.15, -0.1) is 0 Å². The van der Waals surface area contributed by atoms with E-state index in [0.717, 1.165) is 16.4 Å². The summed E-state index contributed by atoms with van der Waals surface area (Å²) < 4.78 is 51.6. The van der Waals surface area contributed by atoms with Crippen LogP contribution in [0.15, 0.2) is 70.7 Å². The van der Waals surface area contributed by atoms with Crippen LogP contribution >= 0.6 is 23.2 Å². The molecule has 0 spiro atoms. The number of rotatable bonds is 9. The van der Waals surface area contributed by atoms with Crippen LogP contribution in [0.4, 0.5) is 10.1 Å². The zero-order valence-corrected chi connectivity index (χ0v) is 20.9. The Balaban J connectivity index is 1.89. The van der Waals surface area contributed by atoms with Gasteiger partial charge in [0.15, 0.2) is 11.5 Å². The van der Waals surface area contributed by atoms with Gasteiger partial charge in [-0.3, -0.25) is 9.10 Å². The Morgan fingerprint density at radius 2 is 1.71 bits per heavy atom. The SMILES string of the molecule is COc1ccc(S(=O)(=O)N(CC(=O)N/N=C\c2ccc(Cl)cc2Cl)c2ccc(F)cc2)cc1OC. The predicted octanol–water partition coefficient (Wildman–Crippen LogP) is 4.50. The summed E-state index contributed by atoms with van der Waals surface area (Å²) >= 11 is 11.9. The number of hydrogen-bond donors (Lipinski definition) is 1. The number of carbonyl (C=O) groups excluding carboxylic acids is 1. The smallest absolute Gasteiger partial charge is 0.264 e. The zero-order valence-electron chi connectivity index (χ0n) is 18.5. The summed E-state index contributed by atoms with van der Waals surface area (Å²) in [5.74, 6) is -0.805. The van der Waals surface area contributed by atoms with Gasteiger partial charge in [0.05, 0.1) is 36.0 Å². The molecule has 12 heteroatoms. The topological polar surface area (TPSA) is 97.3 Å². The van der Waals surface area contributed by atoms with E-state index >= 15 is 0 Å². The first-order chi connectivity index (χ1) is 16.6. The maximum atomic E-state index is 13.5. The molecule has 0 heterocycles. The quantitative estimate of drug-likeness (QED) is 0.319. The van der Waals surface area contributed by atoms with Crippen molar-refractivity contribution in [2.45, 2.75) is 4.90 Å². The van der Waals surface area contributed by atoms with Crippen molar-refractivity contribution in [3.8, 4) is 11.5 Å². The number of carbonyl (C=O) groups is 1. The Hall–Kier alpha value is -3.34. The molecule has 0 aliphatic heterocycles. The van der Waals surface area contributed by atoms with E-state index in [1.807, 2.05) is 0 Å². The average Bonchev–Trinajstić information content (AvgIpc) is 2.84. The minimum absolute atomic E-state index is 0.0704. The summed E-state index contributed by atoms with van der Waals surface area (Å²) in [7, 11) is -1.50. The van der Waals surface area contributed by atoms with E-state index < -0.39 is 28.3 Å². The molecule has 0 bridgehead atoms. The zero-order chi connectivity index (χ0) is 25.6. The highest BCUT2D eigenvalue weighted by Gasteiger charge is 2.28. The van der Waals surface area contributed by atoms with Crippen LogP contribution in [0.5, 0.6) is 11.5 Å². The van der Waals surface area contributed by atoms with Crippen LogP contribution in [-0.4, -0.2) is 41.3 Å². The fourth-order valence-electron chi connectivity index (χ4n) is 2.97. The second-order valence-corrected chi connectivity index (χ2v) is 9.67.